The van der Waals surface area contributed by atoms with E-state index >= 15 is 0 Å². The lowest BCUT2D eigenvalue weighted by molar-refractivity contribution is 0.0677. The predicted octanol–water partition coefficient (Wildman–Crippen LogP) is 2.63. The number of benzene rings is 1. The van der Waals surface area contributed by atoms with Gasteiger partial charge in [-0.05, 0) is 48.4 Å². The molecule has 0 fully saturated rings. The molecule has 0 bridgehead atoms. The number of thiophene rings is 1. The van der Waals surface area contributed by atoms with E-state index in [1.165, 1.54) is 0 Å². The first-order chi connectivity index (χ1) is 12.6. The maximum Gasteiger partial charge on any atom is 0.191 e. The van der Waals surface area contributed by atoms with Crippen molar-refractivity contribution in [2.75, 3.05) is 19.6 Å². The molecule has 0 spiro atoms. The van der Waals surface area contributed by atoms with Crippen LogP contribution in [0, 0.1) is 0 Å². The Hall–Kier alpha value is -2.38. The van der Waals surface area contributed by atoms with Crippen molar-refractivity contribution in [2.45, 2.75) is 25.9 Å². The van der Waals surface area contributed by atoms with Gasteiger partial charge in [-0.3, -0.25) is 0 Å². The van der Waals surface area contributed by atoms with Gasteiger partial charge < -0.3 is 20.7 Å². The van der Waals surface area contributed by atoms with E-state index in [9.17, 15) is 5.11 Å². The van der Waals surface area contributed by atoms with Crippen molar-refractivity contribution in [1.82, 2.24) is 20.6 Å². The first-order valence-electron chi connectivity index (χ1n) is 8.79. The Balaban J connectivity index is 1.57. The van der Waals surface area contributed by atoms with Crippen LogP contribution in [0.25, 0.3) is 11.0 Å². The number of nitrogens with one attached hydrogen (secondary N) is 3. The monoisotopic (exact) mass is 371 g/mol. The number of hydrogen-bond acceptors (Lipinski definition) is 4. The van der Waals surface area contributed by atoms with E-state index in [1.807, 2.05) is 48.0 Å². The average molecular weight is 372 g/mol. The highest BCUT2D eigenvalue weighted by molar-refractivity contribution is 7.08. The van der Waals surface area contributed by atoms with Gasteiger partial charge in [-0.25, -0.2) is 9.98 Å². The molecule has 0 saturated heterocycles. The van der Waals surface area contributed by atoms with E-state index in [2.05, 4.69) is 25.6 Å². The molecular formula is C19H25N5OS. The number of aromatic nitrogens is 2. The van der Waals surface area contributed by atoms with Gasteiger partial charge in [0.05, 0.1) is 17.6 Å². The molecule has 0 radical (unpaired) electrons. The molecule has 0 saturated carbocycles. The fourth-order valence-corrected chi connectivity index (χ4v) is 3.44. The maximum atomic E-state index is 10.6. The van der Waals surface area contributed by atoms with Gasteiger partial charge in [0, 0.05) is 19.5 Å². The molecular weight excluding hydrogens is 346 g/mol. The van der Waals surface area contributed by atoms with Crippen LogP contribution in [-0.2, 0) is 12.0 Å². The van der Waals surface area contributed by atoms with Crippen molar-refractivity contribution in [3.63, 3.8) is 0 Å². The summed E-state index contributed by atoms with van der Waals surface area (Å²) in [6.07, 6.45) is 0.764. The molecule has 6 nitrogen and oxygen atoms in total. The summed E-state index contributed by atoms with van der Waals surface area (Å²) in [6, 6.07) is 9.94. The second kappa shape index (κ2) is 8.33. The summed E-state index contributed by atoms with van der Waals surface area (Å²) in [5, 5.41) is 21.0. The van der Waals surface area contributed by atoms with Crippen molar-refractivity contribution in [3.8, 4) is 0 Å². The summed E-state index contributed by atoms with van der Waals surface area (Å²) < 4.78 is 0. The minimum absolute atomic E-state index is 0.295. The summed E-state index contributed by atoms with van der Waals surface area (Å²) in [7, 11) is 0. The molecule has 2 aromatic heterocycles. The Morgan fingerprint density at radius 2 is 2.15 bits per heavy atom. The van der Waals surface area contributed by atoms with Crippen molar-refractivity contribution in [3.05, 3.63) is 52.5 Å². The standard InChI is InChI=1S/C19H25N5OS/c1-3-20-18(22-13-19(2,25)14-9-11-26-12-14)21-10-8-17-23-15-6-4-5-7-16(15)24-17/h4-7,9,11-12,25H,3,8,10,13H2,1-2H3,(H,23,24)(H2,20,21,22). The lowest BCUT2D eigenvalue weighted by Crippen LogP contribution is -2.39. The maximum absolute atomic E-state index is 10.6. The summed E-state index contributed by atoms with van der Waals surface area (Å²) in [6.45, 7) is 5.57. The largest absolute Gasteiger partial charge is 0.383 e. The number of H-pyrrole nitrogens is 1. The zero-order valence-corrected chi connectivity index (χ0v) is 15.9. The first-order valence-corrected chi connectivity index (χ1v) is 9.73. The van der Waals surface area contributed by atoms with Gasteiger partial charge >= 0.3 is 0 Å². The predicted molar refractivity (Wildman–Crippen MR) is 108 cm³/mol. The van der Waals surface area contributed by atoms with Crippen LogP contribution in [0.3, 0.4) is 0 Å². The lowest BCUT2D eigenvalue weighted by atomic mass is 10.00. The third-order valence-electron chi connectivity index (χ3n) is 4.13. The van der Waals surface area contributed by atoms with Gasteiger partial charge in [0.25, 0.3) is 0 Å². The number of imidazole rings is 1. The molecule has 0 amide bonds. The molecule has 1 atom stereocenters. The van der Waals surface area contributed by atoms with Gasteiger partial charge in [-0.1, -0.05) is 12.1 Å². The van der Waals surface area contributed by atoms with E-state index in [1.54, 1.807) is 18.3 Å². The molecule has 26 heavy (non-hydrogen) atoms. The Morgan fingerprint density at radius 3 is 2.88 bits per heavy atom. The molecule has 3 aromatic rings. The van der Waals surface area contributed by atoms with E-state index < -0.39 is 5.60 Å². The Bertz CT molecular complexity index is 821. The average Bonchev–Trinajstić information content (AvgIpc) is 3.29. The quantitative estimate of drug-likeness (QED) is 0.380. The molecule has 4 N–H and O–H groups in total. The zero-order valence-electron chi connectivity index (χ0n) is 15.1. The Morgan fingerprint density at radius 1 is 1.31 bits per heavy atom. The summed E-state index contributed by atoms with van der Waals surface area (Å²) in [4.78, 5) is 12.4. The number of fused-ring (bicyclic) bond motifs is 1. The highest BCUT2D eigenvalue weighted by Crippen LogP contribution is 2.23. The molecule has 0 aliphatic rings. The van der Waals surface area contributed by atoms with Crippen LogP contribution in [0.5, 0.6) is 0 Å². The van der Waals surface area contributed by atoms with Crippen LogP contribution >= 0.6 is 11.3 Å². The SMILES string of the molecule is CCNC(=NCC(C)(O)c1ccsc1)NCCc1nc2ccccc2[nH]1. The van der Waals surface area contributed by atoms with Gasteiger partial charge in [0.1, 0.15) is 11.4 Å². The minimum atomic E-state index is -0.971. The second-order valence-corrected chi connectivity index (χ2v) is 7.14. The highest BCUT2D eigenvalue weighted by atomic mass is 32.1. The van der Waals surface area contributed by atoms with Gasteiger partial charge in [-0.15, -0.1) is 0 Å². The molecule has 0 aliphatic heterocycles. The number of guanidine groups is 1. The summed E-state index contributed by atoms with van der Waals surface area (Å²) in [5.41, 5.74) is 1.95. The van der Waals surface area contributed by atoms with Crippen molar-refractivity contribution >= 4 is 28.3 Å². The first kappa shape index (κ1) is 18.4. The van der Waals surface area contributed by atoms with Crippen LogP contribution in [-0.4, -0.2) is 40.7 Å². The van der Waals surface area contributed by atoms with Gasteiger partial charge in [0.2, 0.25) is 0 Å². The topological polar surface area (TPSA) is 85.3 Å². The van der Waals surface area contributed by atoms with Gasteiger partial charge in [-0.2, -0.15) is 11.3 Å². The number of nitrogens with zero attached hydrogens (tertiary/aromatic N) is 2. The summed E-state index contributed by atoms with van der Waals surface area (Å²) >= 11 is 1.57. The number of hydrogen-bond donors (Lipinski definition) is 4. The lowest BCUT2D eigenvalue weighted by Gasteiger charge is -2.21. The number of aliphatic imine (C=N–C) groups is 1. The van der Waals surface area contributed by atoms with Crippen LogP contribution in [0.1, 0.15) is 25.2 Å². The normalized spacial score (nSPS) is 14.3. The Labute approximate surface area is 157 Å². The van der Waals surface area contributed by atoms with Crippen molar-refractivity contribution < 1.29 is 5.11 Å². The summed E-state index contributed by atoms with van der Waals surface area (Å²) in [5.74, 6) is 1.64. The molecule has 3 rings (SSSR count). The number of aliphatic hydroxyl groups is 1. The van der Waals surface area contributed by atoms with Crippen LogP contribution in [0.2, 0.25) is 0 Å². The number of rotatable bonds is 7. The van der Waals surface area contributed by atoms with E-state index in [0.29, 0.717) is 19.0 Å². The molecule has 138 valence electrons. The smallest absolute Gasteiger partial charge is 0.191 e. The fraction of sp³-hybridized carbons (Fsp3) is 0.368. The zero-order chi connectivity index (χ0) is 18.4. The van der Waals surface area contributed by atoms with Crippen LogP contribution < -0.4 is 10.6 Å². The highest BCUT2D eigenvalue weighted by Gasteiger charge is 2.23. The molecule has 0 aliphatic carbocycles. The Kier molecular flexibility index (Phi) is 5.90. The van der Waals surface area contributed by atoms with Crippen LogP contribution in [0.4, 0.5) is 0 Å². The third kappa shape index (κ3) is 4.62. The second-order valence-electron chi connectivity index (χ2n) is 6.36. The molecule has 7 heteroatoms. The number of para-hydroxylation sites is 2. The van der Waals surface area contributed by atoms with Crippen molar-refractivity contribution in [1.29, 1.82) is 0 Å². The third-order valence-corrected chi connectivity index (χ3v) is 4.81. The van der Waals surface area contributed by atoms with E-state index in [4.69, 9.17) is 0 Å². The van der Waals surface area contributed by atoms with E-state index in [0.717, 1.165) is 35.4 Å². The van der Waals surface area contributed by atoms with Gasteiger partial charge in [0.15, 0.2) is 5.96 Å². The minimum Gasteiger partial charge on any atom is -0.383 e. The number of aromatic amines is 1. The molecule has 1 unspecified atom stereocenters. The molecule has 2 heterocycles. The fourth-order valence-electron chi connectivity index (χ4n) is 2.66. The van der Waals surface area contributed by atoms with Crippen molar-refractivity contribution in [2.24, 2.45) is 4.99 Å². The van der Waals surface area contributed by atoms with Crippen LogP contribution in [0.15, 0.2) is 46.1 Å². The van der Waals surface area contributed by atoms with E-state index in [-0.39, 0.29) is 0 Å². The molecule has 1 aromatic carbocycles.